The van der Waals surface area contributed by atoms with Crippen molar-refractivity contribution >= 4 is 49.6 Å². The number of nitrogens with zero attached hydrogens (tertiary/aromatic N) is 2. The Hall–Kier alpha value is -5.60. The van der Waals surface area contributed by atoms with E-state index >= 15 is 0 Å². The van der Waals surface area contributed by atoms with Crippen LogP contribution in [0.2, 0.25) is 0 Å². The number of anilines is 3. The maximum Gasteiger partial charge on any atom is 0.0541 e. The molecule has 0 unspecified atom stereocenters. The lowest BCUT2D eigenvalue weighted by Crippen LogP contribution is -2.09. The molecule has 0 atom stereocenters. The SMILES string of the molecule is c1ccc(N(c2ccc(-c3cccc(-n4c5ccccc5c5ccccc54)c3)cc2)c2ccc3ccccc3c2)cc1. The van der Waals surface area contributed by atoms with Crippen LogP contribution in [0, 0.1) is 0 Å². The Balaban J connectivity index is 1.20. The summed E-state index contributed by atoms with van der Waals surface area (Å²) in [4.78, 5) is 2.32. The van der Waals surface area contributed by atoms with Gasteiger partial charge in [0.15, 0.2) is 0 Å². The van der Waals surface area contributed by atoms with Crippen molar-refractivity contribution in [2.75, 3.05) is 4.90 Å². The Kier molecular flexibility index (Phi) is 5.82. The Morgan fingerprint density at radius 1 is 0.357 bits per heavy atom. The highest BCUT2D eigenvalue weighted by Gasteiger charge is 2.14. The van der Waals surface area contributed by atoms with Gasteiger partial charge in [-0.25, -0.2) is 0 Å². The largest absolute Gasteiger partial charge is 0.310 e. The normalized spacial score (nSPS) is 11.3. The molecule has 0 saturated heterocycles. The van der Waals surface area contributed by atoms with Gasteiger partial charge in [-0.1, -0.05) is 109 Å². The van der Waals surface area contributed by atoms with Crippen molar-refractivity contribution < 1.29 is 0 Å². The lowest BCUT2D eigenvalue weighted by Gasteiger charge is -2.26. The predicted molar refractivity (Wildman–Crippen MR) is 178 cm³/mol. The van der Waals surface area contributed by atoms with Gasteiger partial charge in [0.25, 0.3) is 0 Å². The van der Waals surface area contributed by atoms with Crippen LogP contribution in [0.5, 0.6) is 0 Å². The van der Waals surface area contributed by atoms with Crippen molar-refractivity contribution in [3.05, 3.63) is 170 Å². The van der Waals surface area contributed by atoms with E-state index in [-0.39, 0.29) is 0 Å². The van der Waals surface area contributed by atoms with Gasteiger partial charge < -0.3 is 9.47 Å². The van der Waals surface area contributed by atoms with E-state index in [1.165, 1.54) is 43.7 Å². The van der Waals surface area contributed by atoms with Crippen LogP contribution in [0.25, 0.3) is 49.4 Å². The summed E-state index contributed by atoms with van der Waals surface area (Å²) in [6.07, 6.45) is 0. The van der Waals surface area contributed by atoms with Crippen LogP contribution < -0.4 is 4.90 Å². The summed E-state index contributed by atoms with van der Waals surface area (Å²) in [5.74, 6) is 0. The molecule has 0 amide bonds. The summed E-state index contributed by atoms with van der Waals surface area (Å²) in [5.41, 5.74) is 9.38. The molecule has 0 N–H and O–H groups in total. The molecule has 0 aliphatic rings. The van der Waals surface area contributed by atoms with Crippen LogP contribution in [-0.2, 0) is 0 Å². The molecule has 0 radical (unpaired) electrons. The van der Waals surface area contributed by atoms with E-state index in [0.29, 0.717) is 0 Å². The Bertz CT molecular complexity index is 2140. The highest BCUT2D eigenvalue weighted by molar-refractivity contribution is 6.09. The second-order valence-electron chi connectivity index (χ2n) is 10.7. The van der Waals surface area contributed by atoms with Crippen molar-refractivity contribution in [2.24, 2.45) is 0 Å². The average molecular weight is 537 g/mol. The zero-order valence-electron chi connectivity index (χ0n) is 23.1. The first kappa shape index (κ1) is 24.2. The third-order valence-electron chi connectivity index (χ3n) is 8.15. The van der Waals surface area contributed by atoms with Gasteiger partial charge >= 0.3 is 0 Å². The second kappa shape index (κ2) is 10.1. The van der Waals surface area contributed by atoms with Gasteiger partial charge in [-0.2, -0.15) is 0 Å². The van der Waals surface area contributed by atoms with E-state index in [9.17, 15) is 0 Å². The minimum atomic E-state index is 1.12. The molecule has 0 aliphatic heterocycles. The third kappa shape index (κ3) is 4.13. The van der Waals surface area contributed by atoms with Gasteiger partial charge in [0.05, 0.1) is 11.0 Å². The molecule has 1 aromatic heterocycles. The molecular formula is C40H28N2. The van der Waals surface area contributed by atoms with Crippen LogP contribution in [0.4, 0.5) is 17.1 Å². The fourth-order valence-electron chi connectivity index (χ4n) is 6.17. The summed E-state index contributed by atoms with van der Waals surface area (Å²) in [6, 6.07) is 60.9. The summed E-state index contributed by atoms with van der Waals surface area (Å²) in [7, 11) is 0. The Morgan fingerprint density at radius 2 is 0.952 bits per heavy atom. The van der Waals surface area contributed by atoms with Gasteiger partial charge in [0, 0.05) is 33.5 Å². The summed E-state index contributed by atoms with van der Waals surface area (Å²) in [6.45, 7) is 0. The quantitative estimate of drug-likeness (QED) is 0.212. The molecule has 42 heavy (non-hydrogen) atoms. The molecule has 0 spiro atoms. The van der Waals surface area contributed by atoms with Crippen LogP contribution in [0.3, 0.4) is 0 Å². The molecule has 198 valence electrons. The number of aromatic nitrogens is 1. The number of benzene rings is 7. The van der Waals surface area contributed by atoms with Gasteiger partial charge in [-0.3, -0.25) is 0 Å². The summed E-state index contributed by atoms with van der Waals surface area (Å²) < 4.78 is 2.37. The second-order valence-corrected chi connectivity index (χ2v) is 10.7. The van der Waals surface area contributed by atoms with Crippen molar-refractivity contribution in [1.82, 2.24) is 4.57 Å². The Labute approximate surface area is 245 Å². The van der Waals surface area contributed by atoms with E-state index in [1.807, 2.05) is 0 Å². The number of hydrogen-bond donors (Lipinski definition) is 0. The molecule has 2 heteroatoms. The van der Waals surface area contributed by atoms with E-state index < -0.39 is 0 Å². The van der Waals surface area contributed by atoms with Crippen molar-refractivity contribution in [1.29, 1.82) is 0 Å². The van der Waals surface area contributed by atoms with Gasteiger partial charge in [0.1, 0.15) is 0 Å². The zero-order chi connectivity index (χ0) is 27.9. The first-order valence-corrected chi connectivity index (χ1v) is 14.4. The lowest BCUT2D eigenvalue weighted by molar-refractivity contribution is 1.18. The van der Waals surface area contributed by atoms with E-state index in [4.69, 9.17) is 0 Å². The van der Waals surface area contributed by atoms with Crippen LogP contribution >= 0.6 is 0 Å². The van der Waals surface area contributed by atoms with Crippen molar-refractivity contribution in [3.63, 3.8) is 0 Å². The average Bonchev–Trinajstić information content (AvgIpc) is 3.40. The highest BCUT2D eigenvalue weighted by atomic mass is 15.1. The fourth-order valence-corrected chi connectivity index (χ4v) is 6.17. The number of fused-ring (bicyclic) bond motifs is 4. The minimum absolute atomic E-state index is 1.12. The fraction of sp³-hybridized carbons (Fsp3) is 0. The Morgan fingerprint density at radius 3 is 1.69 bits per heavy atom. The molecule has 0 saturated carbocycles. The van der Waals surface area contributed by atoms with E-state index in [1.54, 1.807) is 0 Å². The van der Waals surface area contributed by atoms with E-state index in [0.717, 1.165) is 22.7 Å². The molecule has 1 heterocycles. The van der Waals surface area contributed by atoms with Gasteiger partial charge in [-0.15, -0.1) is 0 Å². The highest BCUT2D eigenvalue weighted by Crippen LogP contribution is 2.38. The lowest BCUT2D eigenvalue weighted by atomic mass is 10.0. The molecule has 0 bridgehead atoms. The maximum atomic E-state index is 2.37. The van der Waals surface area contributed by atoms with Crippen LogP contribution in [0.15, 0.2) is 170 Å². The summed E-state index contributed by atoms with van der Waals surface area (Å²) in [5, 5.41) is 5.03. The van der Waals surface area contributed by atoms with Crippen molar-refractivity contribution in [3.8, 4) is 16.8 Å². The zero-order valence-corrected chi connectivity index (χ0v) is 23.1. The molecule has 2 nitrogen and oxygen atoms in total. The van der Waals surface area contributed by atoms with Crippen LogP contribution in [0.1, 0.15) is 0 Å². The molecule has 7 aromatic carbocycles. The first-order chi connectivity index (χ1) is 20.8. The molecule has 8 rings (SSSR count). The smallest absolute Gasteiger partial charge is 0.0541 e. The number of hydrogen-bond acceptors (Lipinski definition) is 1. The topological polar surface area (TPSA) is 8.17 Å². The van der Waals surface area contributed by atoms with Crippen LogP contribution in [-0.4, -0.2) is 4.57 Å². The molecule has 0 fully saturated rings. The first-order valence-electron chi connectivity index (χ1n) is 14.4. The predicted octanol–water partition coefficient (Wildman–Crippen LogP) is 11.1. The summed E-state index contributed by atoms with van der Waals surface area (Å²) >= 11 is 0. The van der Waals surface area contributed by atoms with E-state index in [2.05, 4.69) is 179 Å². The standard InChI is InChI=1S/C40H28N2/c1-2-14-33(15-3-1)41(36-26-23-29-11-4-5-12-31(29)28-36)34-24-21-30(22-25-34)32-13-10-16-35(27-32)42-39-19-8-6-17-37(39)38-18-7-9-20-40(38)42/h1-28H. The molecular weight excluding hydrogens is 508 g/mol. The molecule has 8 aromatic rings. The van der Waals surface area contributed by atoms with Gasteiger partial charge in [0.2, 0.25) is 0 Å². The number of para-hydroxylation sites is 3. The third-order valence-corrected chi connectivity index (χ3v) is 8.15. The monoisotopic (exact) mass is 536 g/mol. The maximum absolute atomic E-state index is 2.37. The van der Waals surface area contributed by atoms with Crippen molar-refractivity contribution in [2.45, 2.75) is 0 Å². The minimum Gasteiger partial charge on any atom is -0.310 e. The molecule has 0 aliphatic carbocycles. The van der Waals surface area contributed by atoms with Gasteiger partial charge in [-0.05, 0) is 82.6 Å². The number of rotatable bonds is 5.